The van der Waals surface area contributed by atoms with Crippen LogP contribution in [0.15, 0.2) is 15.9 Å². The molecule has 1 aromatic heterocycles. The van der Waals surface area contributed by atoms with Crippen molar-refractivity contribution in [3.63, 3.8) is 0 Å². The zero-order chi connectivity index (χ0) is 12.0. The van der Waals surface area contributed by atoms with Gasteiger partial charge in [0.2, 0.25) is 6.29 Å². The fraction of sp³-hybridized carbons (Fsp3) is 0.545. The van der Waals surface area contributed by atoms with Crippen molar-refractivity contribution in [2.24, 2.45) is 0 Å². The maximum absolute atomic E-state index is 11.8. The first-order valence-corrected chi connectivity index (χ1v) is 6.83. The van der Waals surface area contributed by atoms with Gasteiger partial charge in [-0.15, -0.1) is 11.3 Å². The highest BCUT2D eigenvalue weighted by Crippen LogP contribution is 2.20. The van der Waals surface area contributed by atoms with Gasteiger partial charge < -0.3 is 9.47 Å². The number of ether oxygens (including phenoxy) is 2. The summed E-state index contributed by atoms with van der Waals surface area (Å²) in [6.07, 6.45) is -0.364. The third kappa shape index (κ3) is 4.33. The molecule has 0 aliphatic heterocycles. The molecule has 0 unspecified atom stereocenters. The lowest BCUT2D eigenvalue weighted by atomic mass is 10.2. The normalized spacial score (nSPS) is 11.0. The van der Waals surface area contributed by atoms with E-state index < -0.39 is 6.29 Å². The lowest BCUT2D eigenvalue weighted by Gasteiger charge is -2.14. The fourth-order valence-corrected chi connectivity index (χ4v) is 2.70. The molecule has 0 N–H and O–H groups in total. The first-order valence-electron chi connectivity index (χ1n) is 5.16. The Bertz CT molecular complexity index is 332. The van der Waals surface area contributed by atoms with E-state index in [1.807, 2.05) is 25.3 Å². The largest absolute Gasteiger partial charge is 0.346 e. The summed E-state index contributed by atoms with van der Waals surface area (Å²) in [5.41, 5.74) is 0. The molecule has 0 spiro atoms. The zero-order valence-corrected chi connectivity index (χ0v) is 11.8. The van der Waals surface area contributed by atoms with Gasteiger partial charge in [-0.2, -0.15) is 0 Å². The summed E-state index contributed by atoms with van der Waals surface area (Å²) in [6.45, 7) is 4.65. The summed E-state index contributed by atoms with van der Waals surface area (Å²) in [4.78, 5) is 12.9. The van der Waals surface area contributed by atoms with Crippen LogP contribution in [0.25, 0.3) is 0 Å². The van der Waals surface area contributed by atoms with E-state index in [-0.39, 0.29) is 5.78 Å². The van der Waals surface area contributed by atoms with Gasteiger partial charge >= 0.3 is 0 Å². The van der Waals surface area contributed by atoms with Gasteiger partial charge in [0, 0.05) is 34.4 Å². The van der Waals surface area contributed by atoms with Crippen LogP contribution in [0.3, 0.4) is 0 Å². The van der Waals surface area contributed by atoms with E-state index in [1.54, 1.807) is 11.3 Å². The Kier molecular flexibility index (Phi) is 6.20. The summed E-state index contributed by atoms with van der Waals surface area (Å²) in [5.74, 6) is -0.0296. The maximum Gasteiger partial charge on any atom is 0.218 e. The zero-order valence-electron chi connectivity index (χ0n) is 9.36. The number of rotatable bonds is 7. The fourth-order valence-electron chi connectivity index (χ4n) is 1.24. The number of ketones is 1. The molecule has 0 saturated carbocycles. The van der Waals surface area contributed by atoms with Crippen LogP contribution in [-0.2, 0) is 20.7 Å². The molecule has 90 valence electrons. The summed E-state index contributed by atoms with van der Waals surface area (Å²) in [5, 5.41) is 1.96. The van der Waals surface area contributed by atoms with Crippen molar-refractivity contribution >= 4 is 33.0 Å². The van der Waals surface area contributed by atoms with Gasteiger partial charge in [0.25, 0.3) is 0 Å². The third-order valence-corrected chi connectivity index (χ3v) is 3.57. The summed E-state index contributed by atoms with van der Waals surface area (Å²) in [6, 6.07) is 1.94. The highest BCUT2D eigenvalue weighted by Gasteiger charge is 2.19. The van der Waals surface area contributed by atoms with E-state index in [0.717, 1.165) is 9.35 Å². The molecule has 3 nitrogen and oxygen atoms in total. The van der Waals surface area contributed by atoms with Crippen molar-refractivity contribution in [2.45, 2.75) is 26.6 Å². The average Bonchev–Trinajstić information content (AvgIpc) is 2.63. The smallest absolute Gasteiger partial charge is 0.218 e. The van der Waals surface area contributed by atoms with Crippen molar-refractivity contribution in [1.29, 1.82) is 0 Å². The molecule has 1 heterocycles. The Labute approximate surface area is 108 Å². The lowest BCUT2D eigenvalue weighted by molar-refractivity contribution is -0.167. The summed E-state index contributed by atoms with van der Waals surface area (Å²) in [7, 11) is 0. The van der Waals surface area contributed by atoms with Crippen LogP contribution in [0.5, 0.6) is 0 Å². The third-order valence-electron chi connectivity index (χ3n) is 1.87. The number of hydrogen-bond acceptors (Lipinski definition) is 4. The van der Waals surface area contributed by atoms with Crippen LogP contribution in [0.4, 0.5) is 0 Å². The van der Waals surface area contributed by atoms with Crippen LogP contribution < -0.4 is 0 Å². The van der Waals surface area contributed by atoms with Gasteiger partial charge in [-0.1, -0.05) is 0 Å². The number of carbonyl (C=O) groups excluding carboxylic acids is 1. The van der Waals surface area contributed by atoms with Gasteiger partial charge in [0.15, 0.2) is 5.78 Å². The molecular weight excluding hydrogens is 292 g/mol. The summed E-state index contributed by atoms with van der Waals surface area (Å²) < 4.78 is 11.5. The molecule has 5 heteroatoms. The Morgan fingerprint density at radius 2 is 2.06 bits per heavy atom. The van der Waals surface area contributed by atoms with E-state index in [1.165, 1.54) is 0 Å². The molecule has 0 aliphatic carbocycles. The molecule has 0 aliphatic rings. The number of halogens is 1. The van der Waals surface area contributed by atoms with Crippen LogP contribution >= 0.6 is 27.3 Å². The molecule has 1 aromatic rings. The Morgan fingerprint density at radius 3 is 2.50 bits per heavy atom. The second-order valence-electron chi connectivity index (χ2n) is 3.12. The van der Waals surface area contributed by atoms with Crippen LogP contribution in [-0.4, -0.2) is 25.3 Å². The predicted octanol–water partition coefficient (Wildman–Crippen LogP) is 3.02. The SMILES string of the molecule is CCOC(OCC)C(=O)Cc1cc(Br)cs1. The van der Waals surface area contributed by atoms with E-state index in [9.17, 15) is 4.79 Å². The highest BCUT2D eigenvalue weighted by atomic mass is 79.9. The molecule has 0 radical (unpaired) electrons. The van der Waals surface area contributed by atoms with Crippen molar-refractivity contribution in [2.75, 3.05) is 13.2 Å². The molecule has 0 bridgehead atoms. The van der Waals surface area contributed by atoms with Crippen molar-refractivity contribution in [3.8, 4) is 0 Å². The number of thiophene rings is 1. The molecule has 0 atom stereocenters. The Morgan fingerprint density at radius 1 is 1.44 bits per heavy atom. The Hall–Kier alpha value is -0.230. The van der Waals surface area contributed by atoms with Gasteiger partial charge in [0.05, 0.1) is 0 Å². The minimum absolute atomic E-state index is 0.0296. The van der Waals surface area contributed by atoms with E-state index >= 15 is 0 Å². The lowest BCUT2D eigenvalue weighted by Crippen LogP contribution is -2.28. The van der Waals surface area contributed by atoms with Crippen LogP contribution in [0.1, 0.15) is 18.7 Å². The minimum Gasteiger partial charge on any atom is -0.346 e. The predicted molar refractivity (Wildman–Crippen MR) is 67.8 cm³/mol. The first kappa shape index (κ1) is 13.8. The van der Waals surface area contributed by atoms with E-state index in [0.29, 0.717) is 19.6 Å². The number of carbonyl (C=O) groups is 1. The van der Waals surface area contributed by atoms with Crippen LogP contribution in [0.2, 0.25) is 0 Å². The summed E-state index contributed by atoms with van der Waals surface area (Å²) >= 11 is 4.91. The maximum atomic E-state index is 11.8. The van der Waals surface area contributed by atoms with Gasteiger partial charge in [0.1, 0.15) is 0 Å². The monoisotopic (exact) mass is 306 g/mol. The van der Waals surface area contributed by atoms with E-state index in [4.69, 9.17) is 9.47 Å². The molecule has 0 saturated heterocycles. The molecular formula is C11H15BrO3S. The number of hydrogen-bond donors (Lipinski definition) is 0. The van der Waals surface area contributed by atoms with Crippen molar-refractivity contribution in [3.05, 3.63) is 20.8 Å². The second-order valence-corrected chi connectivity index (χ2v) is 5.03. The number of Topliss-reactive ketones (excluding diaryl/α,β-unsaturated/α-hetero) is 1. The van der Waals surface area contributed by atoms with Crippen molar-refractivity contribution in [1.82, 2.24) is 0 Å². The molecule has 0 amide bonds. The first-order chi connectivity index (χ1) is 7.67. The molecule has 16 heavy (non-hydrogen) atoms. The topological polar surface area (TPSA) is 35.5 Å². The standard InChI is InChI=1S/C11H15BrO3S/c1-3-14-11(15-4-2)10(13)6-9-5-8(12)7-16-9/h5,7,11H,3-4,6H2,1-2H3. The van der Waals surface area contributed by atoms with Crippen molar-refractivity contribution < 1.29 is 14.3 Å². The second kappa shape index (κ2) is 7.17. The Balaban J connectivity index is 2.54. The minimum atomic E-state index is -0.726. The average molecular weight is 307 g/mol. The van der Waals surface area contributed by atoms with E-state index in [2.05, 4.69) is 15.9 Å². The molecule has 0 fully saturated rings. The van der Waals surface area contributed by atoms with Gasteiger partial charge in [-0.25, -0.2) is 0 Å². The van der Waals surface area contributed by atoms with Crippen LogP contribution in [0, 0.1) is 0 Å². The highest BCUT2D eigenvalue weighted by molar-refractivity contribution is 9.10. The quantitative estimate of drug-likeness (QED) is 0.726. The van der Waals surface area contributed by atoms with Gasteiger partial charge in [-0.05, 0) is 35.8 Å². The van der Waals surface area contributed by atoms with Gasteiger partial charge in [-0.3, -0.25) is 4.79 Å². The molecule has 1 rings (SSSR count). The molecule has 0 aromatic carbocycles.